The first-order valence-corrected chi connectivity index (χ1v) is 7.16. The van der Waals surface area contributed by atoms with E-state index < -0.39 is 17.6 Å². The van der Waals surface area contributed by atoms with E-state index in [9.17, 15) is 13.6 Å². The van der Waals surface area contributed by atoms with E-state index in [1.165, 1.54) is 13.0 Å². The van der Waals surface area contributed by atoms with Gasteiger partial charge in [-0.15, -0.1) is 0 Å². The highest BCUT2D eigenvalue weighted by Crippen LogP contribution is 2.37. The molecule has 114 valence electrons. The second kappa shape index (κ2) is 5.52. The average molecular weight is 302 g/mol. The summed E-state index contributed by atoms with van der Waals surface area (Å²) in [5, 5.41) is 0. The molecule has 1 unspecified atom stereocenters. The van der Waals surface area contributed by atoms with Gasteiger partial charge in [-0.25, -0.2) is 8.78 Å². The second-order valence-corrected chi connectivity index (χ2v) is 5.57. The molecule has 4 heteroatoms. The van der Waals surface area contributed by atoms with Crippen LogP contribution >= 0.6 is 0 Å². The molecule has 0 spiro atoms. The third kappa shape index (κ3) is 2.39. The number of ether oxygens (including phenoxy) is 1. The van der Waals surface area contributed by atoms with Gasteiger partial charge in [0, 0.05) is 0 Å². The van der Waals surface area contributed by atoms with Crippen LogP contribution in [0.15, 0.2) is 30.3 Å². The van der Waals surface area contributed by atoms with Crippen LogP contribution in [-0.2, 0) is 17.6 Å². The van der Waals surface area contributed by atoms with Gasteiger partial charge in [0.25, 0.3) is 0 Å². The molecule has 1 aliphatic rings. The first-order valence-electron chi connectivity index (χ1n) is 7.16. The number of Topliss-reactive ketones (excluding diaryl/α,β-unsaturated/α-hetero) is 1. The van der Waals surface area contributed by atoms with Crippen LogP contribution in [0.2, 0.25) is 0 Å². The van der Waals surface area contributed by atoms with E-state index in [4.69, 9.17) is 4.74 Å². The molecule has 0 radical (unpaired) electrons. The zero-order valence-electron chi connectivity index (χ0n) is 12.5. The number of aryl methyl sites for hydroxylation is 2. The van der Waals surface area contributed by atoms with Crippen LogP contribution in [0.1, 0.15) is 35.1 Å². The van der Waals surface area contributed by atoms with Crippen molar-refractivity contribution >= 4 is 5.78 Å². The van der Waals surface area contributed by atoms with Crippen LogP contribution in [0.5, 0.6) is 5.75 Å². The molecule has 2 aromatic rings. The van der Waals surface area contributed by atoms with Crippen molar-refractivity contribution in [2.75, 3.05) is 7.11 Å². The summed E-state index contributed by atoms with van der Waals surface area (Å²) in [5.74, 6) is -1.72. The van der Waals surface area contributed by atoms with Crippen LogP contribution in [0.25, 0.3) is 0 Å². The Labute approximate surface area is 127 Å². The first kappa shape index (κ1) is 14.7. The number of hydrogen-bond donors (Lipinski definition) is 0. The minimum absolute atomic E-state index is 0.0828. The van der Waals surface area contributed by atoms with Crippen LogP contribution in [0.3, 0.4) is 0 Å². The minimum Gasteiger partial charge on any atom is -0.497 e. The summed E-state index contributed by atoms with van der Waals surface area (Å²) in [6, 6.07) is 7.90. The van der Waals surface area contributed by atoms with Crippen molar-refractivity contribution in [2.24, 2.45) is 0 Å². The summed E-state index contributed by atoms with van der Waals surface area (Å²) >= 11 is 0. The maximum atomic E-state index is 13.7. The summed E-state index contributed by atoms with van der Waals surface area (Å²) in [6.45, 7) is 1.48. The van der Waals surface area contributed by atoms with Crippen molar-refractivity contribution in [2.45, 2.75) is 25.7 Å². The summed E-state index contributed by atoms with van der Waals surface area (Å²) in [6.07, 6.45) is 1.23. The van der Waals surface area contributed by atoms with E-state index in [-0.39, 0.29) is 5.78 Å². The lowest BCUT2D eigenvalue weighted by atomic mass is 9.85. The molecule has 2 aromatic carbocycles. The molecule has 2 nitrogen and oxygen atoms in total. The average Bonchev–Trinajstić information content (AvgIpc) is 2.64. The fourth-order valence-corrected chi connectivity index (χ4v) is 3.17. The van der Waals surface area contributed by atoms with Gasteiger partial charge < -0.3 is 4.74 Å². The van der Waals surface area contributed by atoms with E-state index in [1.54, 1.807) is 13.2 Å². The fraction of sp³-hybridized carbons (Fsp3) is 0.278. The third-order valence-electron chi connectivity index (χ3n) is 4.22. The molecule has 22 heavy (non-hydrogen) atoms. The van der Waals surface area contributed by atoms with Gasteiger partial charge >= 0.3 is 0 Å². The number of fused-ring (bicyclic) bond motifs is 2. The molecule has 0 fully saturated rings. The van der Waals surface area contributed by atoms with Crippen molar-refractivity contribution in [1.29, 1.82) is 0 Å². The zero-order valence-corrected chi connectivity index (χ0v) is 12.5. The number of carbonyl (C=O) groups is 1. The number of ketones is 1. The van der Waals surface area contributed by atoms with Crippen molar-refractivity contribution in [3.63, 3.8) is 0 Å². The Morgan fingerprint density at radius 1 is 1.05 bits per heavy atom. The van der Waals surface area contributed by atoms with Crippen LogP contribution in [0.4, 0.5) is 8.78 Å². The molecule has 0 bridgehead atoms. The molecule has 3 rings (SSSR count). The highest BCUT2D eigenvalue weighted by Gasteiger charge is 2.28. The summed E-state index contributed by atoms with van der Waals surface area (Å²) in [7, 11) is 1.58. The second-order valence-electron chi connectivity index (χ2n) is 5.57. The lowest BCUT2D eigenvalue weighted by Crippen LogP contribution is -2.13. The maximum absolute atomic E-state index is 13.7. The van der Waals surface area contributed by atoms with Gasteiger partial charge in [-0.1, -0.05) is 6.07 Å². The van der Waals surface area contributed by atoms with Gasteiger partial charge in [0.15, 0.2) is 11.6 Å². The SMILES string of the molecule is COc1ccc2c(c1)CCc1cc(F)c(F)cc1C2C(C)=O. The van der Waals surface area contributed by atoms with Crippen molar-refractivity contribution < 1.29 is 18.3 Å². The molecular formula is C18H16F2O2. The maximum Gasteiger partial charge on any atom is 0.159 e. The van der Waals surface area contributed by atoms with Gasteiger partial charge in [-0.3, -0.25) is 4.79 Å². The molecule has 0 aromatic heterocycles. The van der Waals surface area contributed by atoms with E-state index >= 15 is 0 Å². The first-order chi connectivity index (χ1) is 10.5. The Hall–Kier alpha value is -2.23. The third-order valence-corrected chi connectivity index (χ3v) is 4.22. The molecule has 0 saturated carbocycles. The predicted molar refractivity (Wildman–Crippen MR) is 79.3 cm³/mol. The molecular weight excluding hydrogens is 286 g/mol. The van der Waals surface area contributed by atoms with Crippen molar-refractivity contribution in [3.8, 4) is 5.75 Å². The Bertz CT molecular complexity index is 753. The van der Waals surface area contributed by atoms with E-state index in [0.29, 0.717) is 29.7 Å². The molecule has 0 aliphatic heterocycles. The number of hydrogen-bond acceptors (Lipinski definition) is 2. The van der Waals surface area contributed by atoms with Crippen molar-refractivity contribution in [1.82, 2.24) is 0 Å². The standard InChI is InChI=1S/C18H16F2O2/c1-10(21)18-14-6-5-13(22-2)7-11(14)3-4-12-8-16(19)17(20)9-15(12)18/h5-9,18H,3-4H2,1-2H3. The Morgan fingerprint density at radius 3 is 2.32 bits per heavy atom. The summed E-state index contributed by atoms with van der Waals surface area (Å²) < 4.78 is 32.4. The number of carbonyl (C=O) groups excluding carboxylic acids is 1. The highest BCUT2D eigenvalue weighted by atomic mass is 19.2. The number of rotatable bonds is 2. The van der Waals surface area contributed by atoms with Gasteiger partial charge in [-0.2, -0.15) is 0 Å². The highest BCUT2D eigenvalue weighted by molar-refractivity contribution is 5.88. The lowest BCUT2D eigenvalue weighted by Gasteiger charge is -2.18. The van der Waals surface area contributed by atoms with E-state index in [1.807, 2.05) is 12.1 Å². The lowest BCUT2D eigenvalue weighted by molar-refractivity contribution is -0.117. The molecule has 0 heterocycles. The molecule has 1 atom stereocenters. The van der Waals surface area contributed by atoms with Crippen molar-refractivity contribution in [3.05, 3.63) is 64.2 Å². The zero-order chi connectivity index (χ0) is 15.9. The summed E-state index contributed by atoms with van der Waals surface area (Å²) in [4.78, 5) is 12.2. The van der Waals surface area contributed by atoms with Gasteiger partial charge in [0.2, 0.25) is 0 Å². The smallest absolute Gasteiger partial charge is 0.159 e. The molecule has 0 amide bonds. The topological polar surface area (TPSA) is 26.3 Å². The molecule has 0 saturated heterocycles. The number of benzene rings is 2. The van der Waals surface area contributed by atoms with Gasteiger partial charge in [0.1, 0.15) is 11.5 Å². The normalized spacial score (nSPS) is 16.5. The minimum atomic E-state index is -0.915. The Morgan fingerprint density at radius 2 is 1.68 bits per heavy atom. The number of halogens is 2. The molecule has 1 aliphatic carbocycles. The van der Waals surface area contributed by atoms with Crippen LogP contribution in [0, 0.1) is 11.6 Å². The fourth-order valence-electron chi connectivity index (χ4n) is 3.17. The van der Waals surface area contributed by atoms with E-state index in [0.717, 1.165) is 17.2 Å². The number of methoxy groups -OCH3 is 1. The van der Waals surface area contributed by atoms with Gasteiger partial charge in [0.05, 0.1) is 13.0 Å². The Kier molecular flexibility index (Phi) is 3.69. The van der Waals surface area contributed by atoms with E-state index in [2.05, 4.69) is 0 Å². The summed E-state index contributed by atoms with van der Waals surface area (Å²) in [5.41, 5.74) is 3.08. The molecule has 0 N–H and O–H groups in total. The largest absolute Gasteiger partial charge is 0.497 e. The van der Waals surface area contributed by atoms with Gasteiger partial charge in [-0.05, 0) is 66.3 Å². The van der Waals surface area contributed by atoms with Crippen LogP contribution < -0.4 is 4.74 Å². The van der Waals surface area contributed by atoms with Crippen LogP contribution in [-0.4, -0.2) is 12.9 Å². The Balaban J connectivity index is 2.22. The quantitative estimate of drug-likeness (QED) is 0.843. The predicted octanol–water partition coefficient (Wildman–Crippen LogP) is 3.79. The monoisotopic (exact) mass is 302 g/mol.